The molecule has 0 aliphatic heterocycles. The summed E-state index contributed by atoms with van der Waals surface area (Å²) < 4.78 is 0. The fraction of sp³-hybridized carbons (Fsp3) is 0.400. The molecule has 19 heavy (non-hydrogen) atoms. The third-order valence-electron chi connectivity index (χ3n) is 3.39. The Hall–Kier alpha value is -1.97. The van der Waals surface area contributed by atoms with Gasteiger partial charge in [0.05, 0.1) is 0 Å². The third kappa shape index (κ3) is 2.30. The Morgan fingerprint density at radius 2 is 2.05 bits per heavy atom. The van der Waals surface area contributed by atoms with E-state index in [1.807, 2.05) is 25.1 Å². The smallest absolute Gasteiger partial charge is 0.180 e. The van der Waals surface area contributed by atoms with E-state index in [1.165, 1.54) is 17.7 Å². The zero-order chi connectivity index (χ0) is 13.2. The maximum atomic E-state index is 4.69. The van der Waals surface area contributed by atoms with Crippen molar-refractivity contribution in [1.82, 2.24) is 15.0 Å². The average Bonchev–Trinajstić information content (AvgIpc) is 2.87. The van der Waals surface area contributed by atoms with E-state index in [0.29, 0.717) is 0 Å². The summed E-state index contributed by atoms with van der Waals surface area (Å²) in [6, 6.07) is 5.96. The first-order valence-electron chi connectivity index (χ1n) is 6.85. The molecule has 4 heteroatoms. The Morgan fingerprint density at radius 1 is 1.16 bits per heavy atom. The molecule has 4 nitrogen and oxygen atoms in total. The minimum Gasteiger partial charge on any atom is -0.370 e. The van der Waals surface area contributed by atoms with Gasteiger partial charge in [-0.05, 0) is 45.2 Å². The highest BCUT2D eigenvalue weighted by Gasteiger charge is 2.19. The average molecular weight is 254 g/mol. The van der Waals surface area contributed by atoms with Crippen molar-refractivity contribution in [3.05, 3.63) is 35.2 Å². The van der Waals surface area contributed by atoms with E-state index in [4.69, 9.17) is 4.98 Å². The Bertz CT molecular complexity index is 607. The minimum absolute atomic E-state index is 0.736. The zero-order valence-electron chi connectivity index (χ0n) is 11.4. The van der Waals surface area contributed by atoms with Crippen LogP contribution in [0.5, 0.6) is 0 Å². The van der Waals surface area contributed by atoms with E-state index in [2.05, 4.69) is 22.2 Å². The molecule has 2 heterocycles. The molecule has 3 rings (SSSR count). The van der Waals surface area contributed by atoms with Crippen molar-refractivity contribution in [3.63, 3.8) is 0 Å². The molecule has 0 radical (unpaired) electrons. The quantitative estimate of drug-likeness (QED) is 0.915. The first kappa shape index (κ1) is 12.1. The van der Waals surface area contributed by atoms with Crippen molar-refractivity contribution in [2.45, 2.75) is 33.1 Å². The molecule has 0 atom stereocenters. The molecule has 98 valence electrons. The van der Waals surface area contributed by atoms with Crippen LogP contribution < -0.4 is 5.32 Å². The maximum absolute atomic E-state index is 4.69. The van der Waals surface area contributed by atoms with Gasteiger partial charge in [0.2, 0.25) is 0 Å². The molecule has 0 fully saturated rings. The van der Waals surface area contributed by atoms with Gasteiger partial charge < -0.3 is 5.32 Å². The monoisotopic (exact) mass is 254 g/mol. The van der Waals surface area contributed by atoms with Crippen LogP contribution in [0.15, 0.2) is 18.2 Å². The fourth-order valence-corrected chi connectivity index (χ4v) is 2.53. The molecule has 0 spiro atoms. The number of pyridine rings is 1. The maximum Gasteiger partial charge on any atom is 0.180 e. The summed E-state index contributed by atoms with van der Waals surface area (Å²) in [6.07, 6.45) is 3.31. The standard InChI is InChI=1S/C15H18N4/c1-3-16-14-11-7-5-8-12(11)18-15(19-14)13-9-4-6-10(2)17-13/h4,6,9H,3,5,7-8H2,1-2H3,(H,16,18,19). The van der Waals surface area contributed by atoms with Gasteiger partial charge in [0, 0.05) is 23.5 Å². The SMILES string of the molecule is CCNc1nc(-c2cccc(C)n2)nc2c1CCC2. The molecule has 1 aliphatic carbocycles. The molecule has 1 N–H and O–H groups in total. The van der Waals surface area contributed by atoms with Crippen LogP contribution in [-0.4, -0.2) is 21.5 Å². The van der Waals surface area contributed by atoms with Gasteiger partial charge >= 0.3 is 0 Å². The third-order valence-corrected chi connectivity index (χ3v) is 3.39. The number of hydrogen-bond donors (Lipinski definition) is 1. The lowest BCUT2D eigenvalue weighted by atomic mass is 10.2. The Balaban J connectivity index is 2.10. The number of aromatic nitrogens is 3. The summed E-state index contributed by atoms with van der Waals surface area (Å²) in [7, 11) is 0. The van der Waals surface area contributed by atoms with Crippen LogP contribution in [0, 0.1) is 6.92 Å². The van der Waals surface area contributed by atoms with Gasteiger partial charge in [-0.15, -0.1) is 0 Å². The molecule has 0 bridgehead atoms. The lowest BCUT2D eigenvalue weighted by molar-refractivity contribution is 0.899. The molecule has 0 saturated heterocycles. The van der Waals surface area contributed by atoms with Crippen LogP contribution in [-0.2, 0) is 12.8 Å². The number of hydrogen-bond acceptors (Lipinski definition) is 4. The van der Waals surface area contributed by atoms with Gasteiger partial charge in [0.25, 0.3) is 0 Å². The second kappa shape index (κ2) is 4.96. The largest absolute Gasteiger partial charge is 0.370 e. The molecule has 1 aliphatic rings. The van der Waals surface area contributed by atoms with Crippen LogP contribution >= 0.6 is 0 Å². The van der Waals surface area contributed by atoms with Crippen molar-refractivity contribution in [3.8, 4) is 11.5 Å². The van der Waals surface area contributed by atoms with Gasteiger partial charge in [-0.3, -0.25) is 0 Å². The summed E-state index contributed by atoms with van der Waals surface area (Å²) in [5, 5.41) is 3.35. The summed E-state index contributed by atoms with van der Waals surface area (Å²) in [5.41, 5.74) is 4.32. The summed E-state index contributed by atoms with van der Waals surface area (Å²) in [4.78, 5) is 13.9. The van der Waals surface area contributed by atoms with Crippen molar-refractivity contribution in [1.29, 1.82) is 0 Å². The second-order valence-corrected chi connectivity index (χ2v) is 4.87. The van der Waals surface area contributed by atoms with Crippen molar-refractivity contribution < 1.29 is 0 Å². The molecule has 2 aromatic rings. The van der Waals surface area contributed by atoms with E-state index in [1.54, 1.807) is 0 Å². The highest BCUT2D eigenvalue weighted by Crippen LogP contribution is 2.28. The highest BCUT2D eigenvalue weighted by atomic mass is 15.0. The molecule has 0 saturated carbocycles. The molecule has 2 aromatic heterocycles. The number of nitrogens with one attached hydrogen (secondary N) is 1. The van der Waals surface area contributed by atoms with Gasteiger partial charge in [0.15, 0.2) is 5.82 Å². The van der Waals surface area contributed by atoms with E-state index in [0.717, 1.165) is 42.4 Å². The number of rotatable bonds is 3. The molecule has 0 unspecified atom stereocenters. The van der Waals surface area contributed by atoms with Crippen LogP contribution in [0.25, 0.3) is 11.5 Å². The normalized spacial score (nSPS) is 13.4. The minimum atomic E-state index is 0.736. The number of nitrogens with zero attached hydrogens (tertiary/aromatic N) is 3. The lowest BCUT2D eigenvalue weighted by Crippen LogP contribution is -2.07. The van der Waals surface area contributed by atoms with E-state index in [9.17, 15) is 0 Å². The first-order valence-corrected chi connectivity index (χ1v) is 6.85. The van der Waals surface area contributed by atoms with Gasteiger partial charge in [-0.25, -0.2) is 15.0 Å². The van der Waals surface area contributed by atoms with Crippen LogP contribution in [0.1, 0.15) is 30.3 Å². The second-order valence-electron chi connectivity index (χ2n) is 4.87. The van der Waals surface area contributed by atoms with Crippen molar-refractivity contribution >= 4 is 5.82 Å². The van der Waals surface area contributed by atoms with Gasteiger partial charge in [-0.1, -0.05) is 6.07 Å². The molecule has 0 amide bonds. The van der Waals surface area contributed by atoms with Crippen LogP contribution in [0.4, 0.5) is 5.82 Å². The van der Waals surface area contributed by atoms with Gasteiger partial charge in [0.1, 0.15) is 11.5 Å². The highest BCUT2D eigenvalue weighted by molar-refractivity contribution is 5.57. The number of fused-ring (bicyclic) bond motifs is 1. The predicted octanol–water partition coefficient (Wildman–Crippen LogP) is 2.77. The van der Waals surface area contributed by atoms with Gasteiger partial charge in [-0.2, -0.15) is 0 Å². The number of anilines is 1. The molecular formula is C15H18N4. The topological polar surface area (TPSA) is 50.7 Å². The van der Waals surface area contributed by atoms with E-state index < -0.39 is 0 Å². The predicted molar refractivity (Wildman–Crippen MR) is 76.2 cm³/mol. The van der Waals surface area contributed by atoms with Crippen LogP contribution in [0.3, 0.4) is 0 Å². The Morgan fingerprint density at radius 3 is 2.84 bits per heavy atom. The number of aryl methyl sites for hydroxylation is 2. The zero-order valence-corrected chi connectivity index (χ0v) is 11.4. The Kier molecular flexibility index (Phi) is 3.15. The molecular weight excluding hydrogens is 236 g/mol. The first-order chi connectivity index (χ1) is 9.28. The van der Waals surface area contributed by atoms with Crippen molar-refractivity contribution in [2.24, 2.45) is 0 Å². The van der Waals surface area contributed by atoms with E-state index in [-0.39, 0.29) is 0 Å². The Labute approximate surface area is 113 Å². The summed E-state index contributed by atoms with van der Waals surface area (Å²) in [6.45, 7) is 4.96. The summed E-state index contributed by atoms with van der Waals surface area (Å²) in [5.74, 6) is 1.73. The van der Waals surface area contributed by atoms with Crippen LogP contribution in [0.2, 0.25) is 0 Å². The van der Waals surface area contributed by atoms with Crippen molar-refractivity contribution in [2.75, 3.05) is 11.9 Å². The fourth-order valence-electron chi connectivity index (χ4n) is 2.53. The molecule has 0 aromatic carbocycles. The van der Waals surface area contributed by atoms with E-state index >= 15 is 0 Å². The lowest BCUT2D eigenvalue weighted by Gasteiger charge is -2.10. The summed E-state index contributed by atoms with van der Waals surface area (Å²) >= 11 is 0.